The van der Waals surface area contributed by atoms with Crippen LogP contribution < -0.4 is 27.4 Å². The molecule has 2 fully saturated rings. The number of phenolic OH excluding ortho intramolecular Hbond substituents is 1. The second kappa shape index (κ2) is 12.7. The largest absolute Gasteiger partial charge is 0.507 e. The second-order valence-corrected chi connectivity index (χ2v) is 13.3. The van der Waals surface area contributed by atoms with Gasteiger partial charge in [0.1, 0.15) is 11.7 Å². The Morgan fingerprint density at radius 3 is 2.32 bits per heavy atom. The highest BCUT2D eigenvalue weighted by atomic mass is 16.5. The molecule has 4 rings (SSSR count). The Bertz CT molecular complexity index is 1590. The molecule has 254 valence electrons. The predicted octanol–water partition coefficient (Wildman–Crippen LogP) is -0.319. The number of amides is 2. The fraction of sp³-hybridized carbons (Fsp3) is 0.594. The third-order valence-corrected chi connectivity index (χ3v) is 9.78. The number of carbonyl (C=O) groups is 6. The summed E-state index contributed by atoms with van der Waals surface area (Å²) in [7, 11) is 6.26. The normalized spacial score (nSPS) is 29.8. The van der Waals surface area contributed by atoms with Gasteiger partial charge in [0, 0.05) is 37.4 Å². The van der Waals surface area contributed by atoms with Crippen LogP contribution in [0.2, 0.25) is 0 Å². The van der Waals surface area contributed by atoms with Crippen LogP contribution in [0.3, 0.4) is 0 Å². The number of benzene rings is 1. The fourth-order valence-electron chi connectivity index (χ4n) is 7.76. The summed E-state index contributed by atoms with van der Waals surface area (Å²) in [5.74, 6) is -10.5. The molecule has 6 atom stereocenters. The van der Waals surface area contributed by atoms with E-state index in [1.54, 1.807) is 31.1 Å². The second-order valence-electron chi connectivity index (χ2n) is 13.3. The number of aromatic hydroxyl groups is 1. The van der Waals surface area contributed by atoms with Crippen molar-refractivity contribution in [1.82, 2.24) is 10.2 Å². The van der Waals surface area contributed by atoms with Gasteiger partial charge in [-0.25, -0.2) is 4.79 Å². The number of anilines is 1. The number of nitrogens with zero attached hydrogens (tertiary/aromatic N) is 3. The number of nitrogens with two attached hydrogens (primary N) is 3. The van der Waals surface area contributed by atoms with Crippen molar-refractivity contribution in [2.75, 3.05) is 39.7 Å². The maximum absolute atomic E-state index is 14.6. The number of hydrogen-bond donors (Lipinski definition) is 5. The molecule has 0 spiro atoms. The highest BCUT2D eigenvalue weighted by molar-refractivity contribution is 6.33. The first-order valence-corrected chi connectivity index (χ1v) is 15.5. The molecule has 3 aliphatic rings. The molecule has 2 saturated carbocycles. The van der Waals surface area contributed by atoms with Crippen molar-refractivity contribution in [3.63, 3.8) is 0 Å². The Kier molecular flexibility index (Phi) is 9.56. The standard InChI is InChI=1S/C32H43N7O8/c1-6-7-8-9-10-47-29(46)37-13-16-11-18(38(2)3)17-12-30(35)14-32(36)25(39(4)5)24(42)20(28(34)45)26(43)31(32,15-33)27(44)21(30)23(41)19(17)22(16)40/h11,20-21,25,40H,6-10,12-14,35-36H2,1-5H3,(H2,34,45)(H,37,46)/t20?,21?,25-,30-,31+,32-/m1/s1. The van der Waals surface area contributed by atoms with Crippen molar-refractivity contribution in [3.8, 4) is 11.8 Å². The van der Waals surface area contributed by atoms with E-state index in [4.69, 9.17) is 21.9 Å². The minimum atomic E-state index is -2.84. The lowest BCUT2D eigenvalue weighted by molar-refractivity contribution is -0.166. The summed E-state index contributed by atoms with van der Waals surface area (Å²) < 4.78 is 5.21. The number of hydrogen-bond acceptors (Lipinski definition) is 13. The van der Waals surface area contributed by atoms with Crippen molar-refractivity contribution in [2.45, 2.75) is 69.1 Å². The number of phenols is 1. The van der Waals surface area contributed by atoms with Crippen LogP contribution in [-0.2, 0) is 36.9 Å². The number of rotatable bonds is 10. The van der Waals surface area contributed by atoms with Gasteiger partial charge in [-0.2, -0.15) is 5.26 Å². The maximum Gasteiger partial charge on any atom is 0.407 e. The minimum absolute atomic E-state index is 0.139. The molecule has 0 radical (unpaired) electrons. The van der Waals surface area contributed by atoms with E-state index in [1.165, 1.54) is 19.0 Å². The zero-order valence-electron chi connectivity index (χ0n) is 27.3. The first kappa shape index (κ1) is 35.5. The number of ketones is 4. The fourth-order valence-corrected chi connectivity index (χ4v) is 7.76. The van der Waals surface area contributed by atoms with Crippen LogP contribution >= 0.6 is 0 Å². The van der Waals surface area contributed by atoms with Gasteiger partial charge in [0.15, 0.2) is 34.5 Å². The van der Waals surface area contributed by atoms with Crippen LogP contribution in [0.5, 0.6) is 5.75 Å². The van der Waals surface area contributed by atoms with Crippen LogP contribution in [0.15, 0.2) is 6.07 Å². The van der Waals surface area contributed by atoms with E-state index < -0.39 is 81.7 Å². The van der Waals surface area contributed by atoms with E-state index in [-0.39, 0.29) is 36.3 Å². The molecular formula is C32H43N7O8. The first-order chi connectivity index (χ1) is 21.9. The molecule has 2 amide bonds. The van der Waals surface area contributed by atoms with E-state index >= 15 is 0 Å². The Balaban J connectivity index is 1.82. The number of nitriles is 1. The monoisotopic (exact) mass is 653 g/mol. The molecule has 0 bridgehead atoms. The zero-order valence-corrected chi connectivity index (χ0v) is 27.3. The summed E-state index contributed by atoms with van der Waals surface area (Å²) in [6.45, 7) is 2.05. The summed E-state index contributed by atoms with van der Waals surface area (Å²) in [5.41, 5.74) is 12.9. The topological polar surface area (TPSA) is 252 Å². The molecule has 0 aromatic heterocycles. The van der Waals surface area contributed by atoms with Gasteiger partial charge >= 0.3 is 6.09 Å². The van der Waals surface area contributed by atoms with Crippen molar-refractivity contribution in [2.24, 2.45) is 34.5 Å². The molecule has 8 N–H and O–H groups in total. The third-order valence-electron chi connectivity index (χ3n) is 9.78. The molecule has 2 unspecified atom stereocenters. The molecular weight excluding hydrogens is 610 g/mol. The summed E-state index contributed by atoms with van der Waals surface area (Å²) in [6.07, 6.45) is 2.20. The highest BCUT2D eigenvalue weighted by Crippen LogP contribution is 2.57. The Morgan fingerprint density at radius 1 is 1.11 bits per heavy atom. The van der Waals surface area contributed by atoms with Crippen molar-refractivity contribution < 1.29 is 38.6 Å². The van der Waals surface area contributed by atoms with Gasteiger partial charge in [-0.05, 0) is 45.0 Å². The lowest BCUT2D eigenvalue weighted by Gasteiger charge is -2.60. The van der Waals surface area contributed by atoms with E-state index in [0.717, 1.165) is 19.3 Å². The molecule has 3 aliphatic carbocycles. The van der Waals surface area contributed by atoms with Crippen LogP contribution in [0.1, 0.15) is 60.5 Å². The van der Waals surface area contributed by atoms with Gasteiger partial charge in [-0.1, -0.05) is 26.2 Å². The number of Topliss-reactive ketones (excluding diaryl/α,β-unsaturated/α-hetero) is 4. The first-order valence-electron chi connectivity index (χ1n) is 15.5. The lowest BCUT2D eigenvalue weighted by Crippen LogP contribution is -2.85. The zero-order chi connectivity index (χ0) is 35.2. The number of likely N-dealkylation sites (N-methyl/N-ethyl adjacent to an activating group) is 1. The highest BCUT2D eigenvalue weighted by Gasteiger charge is 2.78. The smallest absolute Gasteiger partial charge is 0.407 e. The predicted molar refractivity (Wildman–Crippen MR) is 168 cm³/mol. The number of unbranched alkanes of at least 4 members (excludes halogenated alkanes) is 3. The van der Waals surface area contributed by atoms with Gasteiger partial charge in [-0.3, -0.25) is 28.9 Å². The minimum Gasteiger partial charge on any atom is -0.507 e. The van der Waals surface area contributed by atoms with E-state index in [1.807, 2.05) is 0 Å². The van der Waals surface area contributed by atoms with Gasteiger partial charge in [-0.15, -0.1) is 0 Å². The third kappa shape index (κ3) is 5.34. The summed E-state index contributed by atoms with van der Waals surface area (Å²) in [5, 5.41) is 24.5. The van der Waals surface area contributed by atoms with Gasteiger partial charge in [0.05, 0.1) is 29.8 Å². The summed E-state index contributed by atoms with van der Waals surface area (Å²) >= 11 is 0. The molecule has 1 aromatic rings. The molecule has 1 aromatic carbocycles. The van der Waals surface area contributed by atoms with Crippen LogP contribution in [-0.4, -0.2) is 97.1 Å². The van der Waals surface area contributed by atoms with Crippen LogP contribution in [0, 0.1) is 28.6 Å². The molecule has 15 heteroatoms. The average molecular weight is 654 g/mol. The molecule has 47 heavy (non-hydrogen) atoms. The molecule has 15 nitrogen and oxygen atoms in total. The van der Waals surface area contributed by atoms with Gasteiger partial charge in [0.2, 0.25) is 5.91 Å². The maximum atomic E-state index is 14.6. The number of alkyl carbamates (subject to hydrolysis) is 1. The van der Waals surface area contributed by atoms with Crippen LogP contribution in [0.25, 0.3) is 0 Å². The molecule has 0 heterocycles. The SMILES string of the molecule is CCCCCCOC(=O)NCc1cc(N(C)C)c2c(c1O)C(=O)C1C(=O)[C@]3(C#N)C(=O)C(C(N)=O)C(=O)[C@@H](N(C)C)[C@]3(N)C[C@]1(N)C2. The van der Waals surface area contributed by atoms with Crippen molar-refractivity contribution >= 4 is 40.8 Å². The van der Waals surface area contributed by atoms with Crippen molar-refractivity contribution in [1.29, 1.82) is 5.26 Å². The van der Waals surface area contributed by atoms with E-state index in [2.05, 4.69) is 12.2 Å². The number of ether oxygens (including phenoxy) is 1. The Morgan fingerprint density at radius 2 is 1.77 bits per heavy atom. The average Bonchev–Trinajstić information content (AvgIpc) is 2.95. The number of nitrogens with one attached hydrogen (secondary N) is 1. The summed E-state index contributed by atoms with van der Waals surface area (Å²) in [6, 6.07) is 1.77. The Labute approximate surface area is 272 Å². The lowest BCUT2D eigenvalue weighted by atomic mass is 9.42. The van der Waals surface area contributed by atoms with Crippen molar-refractivity contribution in [3.05, 3.63) is 22.8 Å². The number of carbonyl (C=O) groups excluding carboxylic acids is 6. The van der Waals surface area contributed by atoms with Gasteiger partial charge < -0.3 is 37.3 Å². The quantitative estimate of drug-likeness (QED) is 0.161. The summed E-state index contributed by atoms with van der Waals surface area (Å²) in [4.78, 5) is 84.1. The Hall–Kier alpha value is -4.39. The van der Waals surface area contributed by atoms with E-state index in [9.17, 15) is 39.1 Å². The number of fused-ring (bicyclic) bond motifs is 3. The molecule has 0 aliphatic heterocycles. The van der Waals surface area contributed by atoms with Crippen LogP contribution in [0.4, 0.5) is 10.5 Å². The number of primary amides is 1. The molecule has 0 saturated heterocycles. The van der Waals surface area contributed by atoms with E-state index in [0.29, 0.717) is 12.1 Å². The van der Waals surface area contributed by atoms with Gasteiger partial charge in [0.25, 0.3) is 0 Å².